The molecule has 5 nitrogen and oxygen atoms in total. The molecule has 0 saturated heterocycles. The fourth-order valence-electron chi connectivity index (χ4n) is 3.24. The van der Waals surface area contributed by atoms with Crippen molar-refractivity contribution in [3.8, 4) is 5.13 Å². The Balaban J connectivity index is 1.46. The van der Waals surface area contributed by atoms with Crippen molar-refractivity contribution in [3.63, 3.8) is 0 Å². The first kappa shape index (κ1) is 17.0. The molecule has 0 N–H and O–H groups in total. The monoisotopic (exact) mass is 367 g/mol. The zero-order chi connectivity index (χ0) is 18.1. The minimum absolute atomic E-state index is 0.000801. The predicted octanol–water partition coefficient (Wildman–Crippen LogP) is 3.46. The van der Waals surface area contributed by atoms with Crippen LogP contribution in [0.5, 0.6) is 0 Å². The van der Waals surface area contributed by atoms with Crippen LogP contribution in [0.3, 0.4) is 0 Å². The van der Waals surface area contributed by atoms with Crippen LogP contribution in [-0.4, -0.2) is 40.1 Å². The molecule has 0 fully saturated rings. The van der Waals surface area contributed by atoms with Gasteiger partial charge in [-0.3, -0.25) is 4.79 Å². The van der Waals surface area contributed by atoms with Crippen molar-refractivity contribution in [2.45, 2.75) is 26.1 Å². The highest BCUT2D eigenvalue weighted by Crippen LogP contribution is 2.24. The molecule has 0 radical (unpaired) electrons. The van der Waals surface area contributed by atoms with Crippen molar-refractivity contribution in [3.05, 3.63) is 70.5 Å². The van der Waals surface area contributed by atoms with Gasteiger partial charge in [-0.05, 0) is 30.2 Å². The number of fused-ring (bicyclic) bond motifs is 1. The molecule has 1 unspecified atom stereocenters. The normalized spacial score (nSPS) is 16.3. The molecule has 4 rings (SSSR count). The molecule has 134 valence electrons. The van der Waals surface area contributed by atoms with Crippen LogP contribution in [-0.2, 0) is 17.8 Å². The lowest BCUT2D eigenvalue weighted by atomic mass is 9.99. The molecule has 0 aliphatic carbocycles. The largest absolute Gasteiger partial charge is 0.371 e. The molecule has 1 aromatic carbocycles. The second-order valence-corrected chi connectivity index (χ2v) is 7.57. The molecule has 3 heterocycles. The maximum atomic E-state index is 12.9. The summed E-state index contributed by atoms with van der Waals surface area (Å²) in [6, 6.07) is 12.2. The second kappa shape index (κ2) is 7.05. The van der Waals surface area contributed by atoms with E-state index in [1.807, 2.05) is 49.1 Å². The third-order valence-corrected chi connectivity index (χ3v) is 5.83. The van der Waals surface area contributed by atoms with Crippen LogP contribution in [0.15, 0.2) is 48.8 Å². The third-order valence-electron chi connectivity index (χ3n) is 4.67. The number of hydrogen-bond acceptors (Lipinski definition) is 4. The van der Waals surface area contributed by atoms with E-state index < -0.39 is 0 Å². The van der Waals surface area contributed by atoms with Gasteiger partial charge in [0.2, 0.25) is 0 Å². The van der Waals surface area contributed by atoms with Crippen LogP contribution in [0.2, 0.25) is 0 Å². The Morgan fingerprint density at radius 1 is 1.27 bits per heavy atom. The highest BCUT2D eigenvalue weighted by molar-refractivity contribution is 7.16. The summed E-state index contributed by atoms with van der Waals surface area (Å²) in [5.74, 6) is 0.000801. The molecule has 1 atom stereocenters. The number of thiazole rings is 1. The van der Waals surface area contributed by atoms with E-state index in [1.54, 1.807) is 4.90 Å². The zero-order valence-corrected chi connectivity index (χ0v) is 15.7. The number of nitrogens with zero attached hydrogens (tertiary/aromatic N) is 3. The fourth-order valence-corrected chi connectivity index (χ4v) is 4.27. The molecule has 1 amide bonds. The molecule has 1 aliphatic heterocycles. The molecule has 26 heavy (non-hydrogen) atoms. The van der Waals surface area contributed by atoms with Crippen molar-refractivity contribution < 1.29 is 9.53 Å². The summed E-state index contributed by atoms with van der Waals surface area (Å²) in [4.78, 5) is 19.9. The van der Waals surface area contributed by atoms with Gasteiger partial charge in [0.15, 0.2) is 5.13 Å². The molecule has 2 aromatic heterocycles. The number of rotatable bonds is 4. The molecular weight excluding hydrogens is 346 g/mol. The summed E-state index contributed by atoms with van der Waals surface area (Å²) in [5.41, 5.74) is 3.33. The number of amides is 1. The van der Waals surface area contributed by atoms with E-state index in [0.717, 1.165) is 17.2 Å². The number of ether oxygens (including phenoxy) is 1. The highest BCUT2D eigenvalue weighted by atomic mass is 32.1. The Hall–Kier alpha value is -2.44. The second-order valence-electron chi connectivity index (χ2n) is 6.59. The first-order valence-corrected chi connectivity index (χ1v) is 9.48. The van der Waals surface area contributed by atoms with Gasteiger partial charge in [0.25, 0.3) is 5.91 Å². The summed E-state index contributed by atoms with van der Waals surface area (Å²) >= 11 is 1.42. The molecule has 0 spiro atoms. The van der Waals surface area contributed by atoms with Gasteiger partial charge in [-0.1, -0.05) is 35.6 Å². The van der Waals surface area contributed by atoms with Crippen LogP contribution < -0.4 is 0 Å². The van der Waals surface area contributed by atoms with Crippen LogP contribution in [0, 0.1) is 6.92 Å². The van der Waals surface area contributed by atoms with Gasteiger partial charge >= 0.3 is 0 Å². The minimum Gasteiger partial charge on any atom is -0.371 e. The van der Waals surface area contributed by atoms with E-state index >= 15 is 0 Å². The number of likely N-dealkylation sites (N-methyl/N-ethyl adjacent to an activating group) is 1. The van der Waals surface area contributed by atoms with Crippen molar-refractivity contribution in [2.24, 2.45) is 0 Å². The van der Waals surface area contributed by atoms with Crippen molar-refractivity contribution >= 4 is 17.2 Å². The van der Waals surface area contributed by atoms with Gasteiger partial charge in [-0.2, -0.15) is 0 Å². The van der Waals surface area contributed by atoms with Crippen LogP contribution >= 0.6 is 11.3 Å². The number of aryl methyl sites for hydroxylation is 1. The van der Waals surface area contributed by atoms with Gasteiger partial charge in [0, 0.05) is 32.4 Å². The lowest BCUT2D eigenvalue weighted by molar-refractivity contribution is 0.00993. The number of carbonyl (C=O) groups is 1. The van der Waals surface area contributed by atoms with Gasteiger partial charge in [0.05, 0.1) is 18.4 Å². The van der Waals surface area contributed by atoms with Gasteiger partial charge in [0.1, 0.15) is 4.88 Å². The quantitative estimate of drug-likeness (QED) is 0.710. The topological polar surface area (TPSA) is 47.4 Å². The SMILES string of the molecule is Cc1nc(-n2cccc2)sc1C(=O)N(C)CC1Cc2ccccc2CO1. The minimum atomic E-state index is 0.000801. The van der Waals surface area contributed by atoms with E-state index in [9.17, 15) is 4.79 Å². The Bertz CT molecular complexity index is 917. The van der Waals surface area contributed by atoms with Crippen molar-refractivity contribution in [1.29, 1.82) is 0 Å². The fraction of sp³-hybridized carbons (Fsp3) is 0.300. The van der Waals surface area contributed by atoms with Gasteiger partial charge < -0.3 is 14.2 Å². The molecule has 1 aliphatic rings. The summed E-state index contributed by atoms with van der Waals surface area (Å²) < 4.78 is 7.87. The maximum absolute atomic E-state index is 12.9. The third kappa shape index (κ3) is 3.30. The highest BCUT2D eigenvalue weighted by Gasteiger charge is 2.25. The van der Waals surface area contributed by atoms with Crippen LogP contribution in [0.1, 0.15) is 26.5 Å². The Labute approximate surface area is 156 Å². The smallest absolute Gasteiger partial charge is 0.265 e. The van der Waals surface area contributed by atoms with E-state index in [1.165, 1.54) is 22.5 Å². The summed E-state index contributed by atoms with van der Waals surface area (Å²) in [7, 11) is 1.83. The average molecular weight is 367 g/mol. The van der Waals surface area contributed by atoms with Crippen molar-refractivity contribution in [1.82, 2.24) is 14.5 Å². The molecule has 0 bridgehead atoms. The molecule has 3 aromatic rings. The first-order chi connectivity index (χ1) is 12.6. The molecule has 6 heteroatoms. The zero-order valence-electron chi connectivity index (χ0n) is 14.9. The summed E-state index contributed by atoms with van der Waals surface area (Å²) in [5, 5.41) is 0.812. The summed E-state index contributed by atoms with van der Waals surface area (Å²) in [6.07, 6.45) is 4.73. The predicted molar refractivity (Wildman–Crippen MR) is 102 cm³/mol. The van der Waals surface area contributed by atoms with E-state index in [0.29, 0.717) is 18.0 Å². The van der Waals surface area contributed by atoms with E-state index in [-0.39, 0.29) is 12.0 Å². The Kier molecular flexibility index (Phi) is 4.61. The molecule has 0 saturated carbocycles. The number of carbonyl (C=O) groups excluding carboxylic acids is 1. The lowest BCUT2D eigenvalue weighted by Crippen LogP contribution is -2.38. The standard InChI is InChI=1S/C20H21N3O2S/c1-14-18(26-20(21-14)23-9-5-6-10-23)19(24)22(2)12-17-11-15-7-3-4-8-16(15)13-25-17/h3-10,17H,11-13H2,1-2H3. The van der Waals surface area contributed by atoms with Crippen molar-refractivity contribution in [2.75, 3.05) is 13.6 Å². The average Bonchev–Trinajstić information content (AvgIpc) is 3.30. The first-order valence-electron chi connectivity index (χ1n) is 8.66. The summed E-state index contributed by atoms with van der Waals surface area (Å²) in [6.45, 7) is 3.07. The lowest BCUT2D eigenvalue weighted by Gasteiger charge is -2.28. The number of benzene rings is 1. The molecular formula is C20H21N3O2S. The van der Waals surface area contributed by atoms with Crippen LogP contribution in [0.25, 0.3) is 5.13 Å². The van der Waals surface area contributed by atoms with E-state index in [2.05, 4.69) is 23.2 Å². The van der Waals surface area contributed by atoms with Gasteiger partial charge in [-0.15, -0.1) is 0 Å². The van der Waals surface area contributed by atoms with E-state index in [4.69, 9.17) is 4.74 Å². The number of aromatic nitrogens is 2. The Morgan fingerprint density at radius 2 is 2.00 bits per heavy atom. The Morgan fingerprint density at radius 3 is 2.77 bits per heavy atom. The maximum Gasteiger partial charge on any atom is 0.265 e. The number of hydrogen-bond donors (Lipinski definition) is 0. The van der Waals surface area contributed by atoms with Crippen LogP contribution in [0.4, 0.5) is 0 Å². The van der Waals surface area contributed by atoms with Gasteiger partial charge in [-0.25, -0.2) is 4.98 Å².